The van der Waals surface area contributed by atoms with E-state index in [1.807, 2.05) is 11.3 Å². The van der Waals surface area contributed by atoms with Crippen LogP contribution >= 0.6 is 11.3 Å². The molecule has 0 saturated carbocycles. The van der Waals surface area contributed by atoms with Crippen molar-refractivity contribution >= 4 is 11.3 Å². The zero-order chi connectivity index (χ0) is 15.0. The zero-order valence-corrected chi connectivity index (χ0v) is 14.2. The standard InChI is InChI=1S/C18H24N2S/c1-5-19-14-10-18(3,4)11-15-16(14)21-17(20-15)13-9-7-6-8-12(13)2/h6-9,14,19H,5,10-11H2,1-4H3. The Bertz CT molecular complexity index is 642. The molecule has 2 aromatic rings. The fourth-order valence-corrected chi connectivity index (χ4v) is 4.52. The Balaban J connectivity index is 2.04. The summed E-state index contributed by atoms with van der Waals surface area (Å²) in [5.41, 5.74) is 4.23. The van der Waals surface area contributed by atoms with Crippen molar-refractivity contribution in [3.63, 3.8) is 0 Å². The molecule has 0 spiro atoms. The maximum atomic E-state index is 4.99. The quantitative estimate of drug-likeness (QED) is 0.885. The number of hydrogen-bond acceptors (Lipinski definition) is 3. The van der Waals surface area contributed by atoms with E-state index in [0.717, 1.165) is 13.0 Å². The molecule has 1 heterocycles. The Morgan fingerprint density at radius 1 is 1.33 bits per heavy atom. The van der Waals surface area contributed by atoms with Gasteiger partial charge in [-0.15, -0.1) is 11.3 Å². The van der Waals surface area contributed by atoms with Gasteiger partial charge in [-0.05, 0) is 37.3 Å². The van der Waals surface area contributed by atoms with Gasteiger partial charge < -0.3 is 5.32 Å². The van der Waals surface area contributed by atoms with Crippen LogP contribution in [0, 0.1) is 12.3 Å². The van der Waals surface area contributed by atoms with Crippen LogP contribution < -0.4 is 5.32 Å². The maximum absolute atomic E-state index is 4.99. The van der Waals surface area contributed by atoms with E-state index >= 15 is 0 Å². The SMILES string of the molecule is CCNC1CC(C)(C)Cc2nc(-c3ccccc3C)sc21. The monoisotopic (exact) mass is 300 g/mol. The summed E-state index contributed by atoms with van der Waals surface area (Å²) in [6.45, 7) is 10.1. The molecule has 1 atom stereocenters. The van der Waals surface area contributed by atoms with Crippen molar-refractivity contribution in [2.45, 2.75) is 46.6 Å². The minimum atomic E-state index is 0.330. The molecule has 0 bridgehead atoms. The lowest BCUT2D eigenvalue weighted by molar-refractivity contribution is 0.260. The highest BCUT2D eigenvalue weighted by molar-refractivity contribution is 7.15. The zero-order valence-electron chi connectivity index (χ0n) is 13.4. The number of aromatic nitrogens is 1. The lowest BCUT2D eigenvalue weighted by Crippen LogP contribution is -2.32. The van der Waals surface area contributed by atoms with Gasteiger partial charge in [0.25, 0.3) is 0 Å². The molecular weight excluding hydrogens is 276 g/mol. The van der Waals surface area contributed by atoms with Crippen LogP contribution in [-0.2, 0) is 6.42 Å². The highest BCUT2D eigenvalue weighted by Crippen LogP contribution is 2.45. The summed E-state index contributed by atoms with van der Waals surface area (Å²) in [5, 5.41) is 4.83. The average molecular weight is 300 g/mol. The van der Waals surface area contributed by atoms with E-state index in [9.17, 15) is 0 Å². The number of nitrogens with one attached hydrogen (secondary N) is 1. The molecule has 1 aliphatic carbocycles. The third kappa shape index (κ3) is 2.90. The van der Waals surface area contributed by atoms with E-state index < -0.39 is 0 Å². The van der Waals surface area contributed by atoms with Gasteiger partial charge in [0, 0.05) is 16.5 Å². The molecule has 0 aliphatic heterocycles. The molecule has 0 saturated heterocycles. The van der Waals surface area contributed by atoms with Gasteiger partial charge >= 0.3 is 0 Å². The molecule has 0 radical (unpaired) electrons. The van der Waals surface area contributed by atoms with Crippen LogP contribution in [0.15, 0.2) is 24.3 Å². The molecule has 1 aromatic carbocycles. The van der Waals surface area contributed by atoms with E-state index in [-0.39, 0.29) is 0 Å². The number of hydrogen-bond donors (Lipinski definition) is 1. The van der Waals surface area contributed by atoms with Crippen molar-refractivity contribution in [2.24, 2.45) is 5.41 Å². The number of nitrogens with zero attached hydrogens (tertiary/aromatic N) is 1. The Morgan fingerprint density at radius 3 is 2.81 bits per heavy atom. The predicted octanol–water partition coefficient (Wildman–Crippen LogP) is 4.74. The molecular formula is C18H24N2S. The summed E-state index contributed by atoms with van der Waals surface area (Å²) in [4.78, 5) is 6.44. The molecule has 1 unspecified atom stereocenters. The van der Waals surface area contributed by atoms with Gasteiger partial charge in [0.15, 0.2) is 0 Å². The highest BCUT2D eigenvalue weighted by atomic mass is 32.1. The molecule has 1 aliphatic rings. The fraction of sp³-hybridized carbons (Fsp3) is 0.500. The van der Waals surface area contributed by atoms with Crippen LogP contribution in [0.3, 0.4) is 0 Å². The lowest BCUT2D eigenvalue weighted by Gasteiger charge is -2.34. The van der Waals surface area contributed by atoms with Gasteiger partial charge in [0.1, 0.15) is 5.01 Å². The predicted molar refractivity (Wildman–Crippen MR) is 90.8 cm³/mol. The van der Waals surface area contributed by atoms with E-state index in [4.69, 9.17) is 4.98 Å². The Hall–Kier alpha value is -1.19. The third-order valence-electron chi connectivity index (χ3n) is 4.27. The van der Waals surface area contributed by atoms with Gasteiger partial charge in [-0.25, -0.2) is 4.98 Å². The Labute approximate surface area is 131 Å². The number of aryl methyl sites for hydroxylation is 1. The molecule has 0 amide bonds. The van der Waals surface area contributed by atoms with Crippen molar-refractivity contribution in [3.8, 4) is 10.6 Å². The van der Waals surface area contributed by atoms with E-state index in [1.54, 1.807) is 0 Å². The number of fused-ring (bicyclic) bond motifs is 1. The summed E-state index contributed by atoms with van der Waals surface area (Å²) < 4.78 is 0. The fourth-order valence-electron chi connectivity index (χ4n) is 3.27. The van der Waals surface area contributed by atoms with Crippen LogP contribution in [0.1, 0.15) is 49.4 Å². The van der Waals surface area contributed by atoms with Gasteiger partial charge in [0.2, 0.25) is 0 Å². The molecule has 112 valence electrons. The molecule has 1 N–H and O–H groups in total. The van der Waals surface area contributed by atoms with Crippen LogP contribution in [0.25, 0.3) is 10.6 Å². The largest absolute Gasteiger partial charge is 0.309 e. The third-order valence-corrected chi connectivity index (χ3v) is 5.52. The molecule has 21 heavy (non-hydrogen) atoms. The minimum absolute atomic E-state index is 0.330. The molecule has 2 nitrogen and oxygen atoms in total. The van der Waals surface area contributed by atoms with E-state index in [2.05, 4.69) is 57.3 Å². The second kappa shape index (κ2) is 5.54. The summed E-state index contributed by atoms with van der Waals surface area (Å²) >= 11 is 1.88. The Morgan fingerprint density at radius 2 is 2.10 bits per heavy atom. The number of benzene rings is 1. The van der Waals surface area contributed by atoms with Crippen molar-refractivity contribution in [2.75, 3.05) is 6.54 Å². The smallest absolute Gasteiger partial charge is 0.124 e. The van der Waals surface area contributed by atoms with Crippen molar-refractivity contribution in [3.05, 3.63) is 40.4 Å². The molecule has 3 heteroatoms. The molecule has 1 aromatic heterocycles. The first-order valence-electron chi connectivity index (χ1n) is 7.79. The second-order valence-electron chi connectivity index (χ2n) is 6.80. The van der Waals surface area contributed by atoms with Gasteiger partial charge in [-0.1, -0.05) is 45.0 Å². The summed E-state index contributed by atoms with van der Waals surface area (Å²) in [7, 11) is 0. The normalized spacial score (nSPS) is 20.3. The molecule has 0 fully saturated rings. The number of rotatable bonds is 3. The van der Waals surface area contributed by atoms with Crippen LogP contribution in [0.2, 0.25) is 0 Å². The highest BCUT2D eigenvalue weighted by Gasteiger charge is 2.34. The first-order chi connectivity index (χ1) is 10.00. The maximum Gasteiger partial charge on any atom is 0.124 e. The lowest BCUT2D eigenvalue weighted by atomic mass is 9.76. The van der Waals surface area contributed by atoms with Crippen LogP contribution in [0.4, 0.5) is 0 Å². The van der Waals surface area contributed by atoms with Crippen molar-refractivity contribution in [1.82, 2.24) is 10.3 Å². The van der Waals surface area contributed by atoms with Gasteiger partial charge in [0.05, 0.1) is 5.69 Å². The molecule has 3 rings (SSSR count). The van der Waals surface area contributed by atoms with Crippen molar-refractivity contribution in [1.29, 1.82) is 0 Å². The second-order valence-corrected chi connectivity index (χ2v) is 7.83. The Kier molecular flexibility index (Phi) is 3.89. The van der Waals surface area contributed by atoms with E-state index in [1.165, 1.54) is 33.1 Å². The van der Waals surface area contributed by atoms with Gasteiger partial charge in [-0.3, -0.25) is 0 Å². The van der Waals surface area contributed by atoms with Crippen LogP contribution in [0.5, 0.6) is 0 Å². The summed E-state index contributed by atoms with van der Waals surface area (Å²) in [6, 6.07) is 9.02. The topological polar surface area (TPSA) is 24.9 Å². The van der Waals surface area contributed by atoms with Gasteiger partial charge in [-0.2, -0.15) is 0 Å². The first kappa shape index (κ1) is 14.7. The van der Waals surface area contributed by atoms with Crippen LogP contribution in [-0.4, -0.2) is 11.5 Å². The minimum Gasteiger partial charge on any atom is -0.309 e. The first-order valence-corrected chi connectivity index (χ1v) is 8.61. The summed E-state index contributed by atoms with van der Waals surface area (Å²) in [6.07, 6.45) is 2.29. The number of thiazole rings is 1. The summed E-state index contributed by atoms with van der Waals surface area (Å²) in [5.74, 6) is 0. The van der Waals surface area contributed by atoms with Crippen molar-refractivity contribution < 1.29 is 0 Å². The average Bonchev–Trinajstić information content (AvgIpc) is 2.81. The van der Waals surface area contributed by atoms with E-state index in [0.29, 0.717) is 11.5 Å².